The summed E-state index contributed by atoms with van der Waals surface area (Å²) in [4.78, 5) is 13.3. The molecule has 0 atom stereocenters. The highest BCUT2D eigenvalue weighted by Gasteiger charge is 2.21. The molecule has 0 saturated heterocycles. The number of aliphatic hydroxyl groups is 1. The first-order valence-corrected chi connectivity index (χ1v) is 10.8. The van der Waals surface area contributed by atoms with Gasteiger partial charge in [0.15, 0.2) is 11.6 Å². The second-order valence-corrected chi connectivity index (χ2v) is 9.64. The summed E-state index contributed by atoms with van der Waals surface area (Å²) in [5.41, 5.74) is 7.63. The molecule has 0 amide bonds. The van der Waals surface area contributed by atoms with Gasteiger partial charge in [0, 0.05) is 18.3 Å². The molecule has 2 heterocycles. The van der Waals surface area contributed by atoms with Crippen LogP contribution in [0.2, 0.25) is 0 Å². The Kier molecular flexibility index (Phi) is 5.68. The van der Waals surface area contributed by atoms with E-state index in [1.807, 2.05) is 27.0 Å². The molecule has 0 unspecified atom stereocenters. The molecule has 1 aromatic carbocycles. The van der Waals surface area contributed by atoms with Crippen molar-refractivity contribution in [2.75, 3.05) is 12.3 Å². The number of aromatic nitrogens is 4. The number of rotatable bonds is 6. The number of sulfonamides is 1. The Morgan fingerprint density at radius 2 is 1.90 bits per heavy atom. The van der Waals surface area contributed by atoms with Gasteiger partial charge < -0.3 is 10.8 Å². The first-order chi connectivity index (χ1) is 13.9. The fourth-order valence-electron chi connectivity index (χ4n) is 2.93. The molecular formula is C20H26N6O3S. The molecule has 3 rings (SSSR count). The molecule has 0 aliphatic carbocycles. The van der Waals surface area contributed by atoms with E-state index >= 15 is 0 Å². The minimum Gasteiger partial charge on any atom is -0.389 e. The average Bonchev–Trinajstić information content (AvgIpc) is 2.98. The third kappa shape index (κ3) is 4.66. The summed E-state index contributed by atoms with van der Waals surface area (Å²) in [6.07, 6.45) is 3.33. The zero-order valence-electron chi connectivity index (χ0n) is 17.6. The van der Waals surface area contributed by atoms with Gasteiger partial charge in [-0.25, -0.2) is 28.1 Å². The highest BCUT2D eigenvalue weighted by Crippen LogP contribution is 2.27. The zero-order chi connectivity index (χ0) is 22.3. The Morgan fingerprint density at radius 1 is 1.20 bits per heavy atom. The number of nitrogens with zero attached hydrogens (tertiary/aromatic N) is 4. The van der Waals surface area contributed by atoms with E-state index in [4.69, 9.17) is 5.73 Å². The number of hydrogen-bond acceptors (Lipinski definition) is 7. The topological polar surface area (TPSA) is 136 Å². The van der Waals surface area contributed by atoms with Gasteiger partial charge in [0.1, 0.15) is 5.82 Å². The van der Waals surface area contributed by atoms with Gasteiger partial charge in [-0.05, 0) is 52.3 Å². The molecule has 160 valence electrons. The fourth-order valence-corrected chi connectivity index (χ4v) is 4.16. The lowest BCUT2D eigenvalue weighted by atomic mass is 10.1. The molecule has 4 N–H and O–H groups in total. The van der Waals surface area contributed by atoms with Crippen LogP contribution < -0.4 is 10.5 Å². The van der Waals surface area contributed by atoms with E-state index in [2.05, 4.69) is 19.7 Å². The van der Waals surface area contributed by atoms with E-state index in [-0.39, 0.29) is 17.3 Å². The summed E-state index contributed by atoms with van der Waals surface area (Å²) < 4.78 is 29.5. The monoisotopic (exact) mass is 430 g/mol. The molecule has 0 bridgehead atoms. The maximum absolute atomic E-state index is 12.7. The van der Waals surface area contributed by atoms with Gasteiger partial charge in [0.2, 0.25) is 10.0 Å². The number of imidazole rings is 1. The number of anilines is 1. The molecule has 10 heteroatoms. The number of benzene rings is 1. The van der Waals surface area contributed by atoms with Crippen LogP contribution >= 0.6 is 0 Å². The molecule has 30 heavy (non-hydrogen) atoms. The van der Waals surface area contributed by atoms with Crippen molar-refractivity contribution in [1.82, 2.24) is 24.2 Å². The molecule has 0 spiro atoms. The van der Waals surface area contributed by atoms with Crippen LogP contribution in [0.25, 0.3) is 17.1 Å². The second kappa shape index (κ2) is 7.78. The van der Waals surface area contributed by atoms with Crippen LogP contribution in [0.5, 0.6) is 0 Å². The quantitative estimate of drug-likeness (QED) is 0.543. The van der Waals surface area contributed by atoms with Gasteiger partial charge in [-0.15, -0.1) is 0 Å². The van der Waals surface area contributed by atoms with Gasteiger partial charge in [0.05, 0.1) is 28.1 Å². The molecule has 0 fully saturated rings. The lowest BCUT2D eigenvalue weighted by molar-refractivity contribution is 0.0857. The first kappa shape index (κ1) is 21.9. The van der Waals surface area contributed by atoms with Crippen molar-refractivity contribution >= 4 is 15.8 Å². The summed E-state index contributed by atoms with van der Waals surface area (Å²) in [6.45, 7) is 8.52. The van der Waals surface area contributed by atoms with Crippen LogP contribution in [0.15, 0.2) is 35.5 Å². The lowest BCUT2D eigenvalue weighted by Gasteiger charge is -2.18. The van der Waals surface area contributed by atoms with Gasteiger partial charge in [0.25, 0.3) is 0 Å². The SMILES string of the molecule is Cc1cn(-c2nc(-c3cc(S(=O)(=O)NCC(C)(C)O)ccc3C)cnc2N)c(C)n1. The van der Waals surface area contributed by atoms with E-state index in [0.29, 0.717) is 17.1 Å². The number of hydrogen-bond donors (Lipinski definition) is 3. The first-order valence-electron chi connectivity index (χ1n) is 9.36. The molecule has 9 nitrogen and oxygen atoms in total. The zero-order valence-corrected chi connectivity index (χ0v) is 18.4. The number of nitrogens with one attached hydrogen (secondary N) is 1. The third-order valence-corrected chi connectivity index (χ3v) is 5.90. The molecule has 3 aromatic rings. The second-order valence-electron chi connectivity index (χ2n) is 7.88. The van der Waals surface area contributed by atoms with E-state index < -0.39 is 15.6 Å². The van der Waals surface area contributed by atoms with Crippen molar-refractivity contribution in [2.24, 2.45) is 0 Å². The van der Waals surface area contributed by atoms with Crippen molar-refractivity contribution in [3.05, 3.63) is 47.7 Å². The normalized spacial score (nSPS) is 12.3. The molecule has 0 radical (unpaired) electrons. The third-order valence-electron chi connectivity index (χ3n) is 4.50. The van der Waals surface area contributed by atoms with Gasteiger partial charge >= 0.3 is 0 Å². The summed E-state index contributed by atoms with van der Waals surface area (Å²) >= 11 is 0. The van der Waals surface area contributed by atoms with Gasteiger partial charge in [-0.3, -0.25) is 4.57 Å². The average molecular weight is 431 g/mol. The minimum absolute atomic E-state index is 0.0715. The Morgan fingerprint density at radius 3 is 2.50 bits per heavy atom. The molecule has 0 aliphatic rings. The van der Waals surface area contributed by atoms with Crippen LogP contribution in [0.4, 0.5) is 5.82 Å². The Bertz CT molecular complexity index is 1200. The summed E-state index contributed by atoms with van der Waals surface area (Å²) in [6, 6.07) is 4.76. The van der Waals surface area contributed by atoms with Gasteiger partial charge in [-0.1, -0.05) is 6.07 Å². The summed E-state index contributed by atoms with van der Waals surface area (Å²) in [5.74, 6) is 1.39. The van der Waals surface area contributed by atoms with Crippen molar-refractivity contribution in [3.63, 3.8) is 0 Å². The molecule has 0 aliphatic heterocycles. The predicted molar refractivity (Wildman–Crippen MR) is 115 cm³/mol. The van der Waals surface area contributed by atoms with Crippen molar-refractivity contribution in [3.8, 4) is 17.1 Å². The smallest absolute Gasteiger partial charge is 0.240 e. The van der Waals surface area contributed by atoms with Crippen molar-refractivity contribution in [2.45, 2.75) is 45.1 Å². The van der Waals surface area contributed by atoms with Crippen LogP contribution in [-0.2, 0) is 10.0 Å². The molecule has 0 saturated carbocycles. The molecular weight excluding hydrogens is 404 g/mol. The predicted octanol–water partition coefficient (Wildman–Crippen LogP) is 1.89. The van der Waals surface area contributed by atoms with E-state index in [1.54, 1.807) is 10.6 Å². The minimum atomic E-state index is -3.81. The lowest BCUT2D eigenvalue weighted by Crippen LogP contribution is -2.38. The summed E-state index contributed by atoms with van der Waals surface area (Å²) in [5, 5.41) is 9.83. The van der Waals surface area contributed by atoms with Crippen LogP contribution in [0.1, 0.15) is 30.9 Å². The largest absolute Gasteiger partial charge is 0.389 e. The van der Waals surface area contributed by atoms with Gasteiger partial charge in [-0.2, -0.15) is 0 Å². The Hall–Kier alpha value is -2.82. The van der Waals surface area contributed by atoms with Crippen molar-refractivity contribution in [1.29, 1.82) is 0 Å². The summed E-state index contributed by atoms with van der Waals surface area (Å²) in [7, 11) is -3.81. The highest BCUT2D eigenvalue weighted by atomic mass is 32.2. The number of nitrogens with two attached hydrogens (primary N) is 1. The van der Waals surface area contributed by atoms with E-state index in [1.165, 1.54) is 32.2 Å². The van der Waals surface area contributed by atoms with Crippen LogP contribution in [0.3, 0.4) is 0 Å². The molecule has 2 aromatic heterocycles. The number of aryl methyl sites for hydroxylation is 3. The Balaban J connectivity index is 2.06. The Labute approximate surface area is 176 Å². The van der Waals surface area contributed by atoms with E-state index in [0.717, 1.165) is 17.1 Å². The van der Waals surface area contributed by atoms with Crippen LogP contribution in [0, 0.1) is 20.8 Å². The highest BCUT2D eigenvalue weighted by molar-refractivity contribution is 7.89. The van der Waals surface area contributed by atoms with E-state index in [9.17, 15) is 13.5 Å². The maximum atomic E-state index is 12.7. The number of nitrogen functional groups attached to an aromatic ring is 1. The standard InChI is InChI=1S/C20H26N6O3S/c1-12-6-7-15(30(28,29)23-11-20(4,5)27)8-16(12)17-9-22-18(21)19(25-17)26-10-13(2)24-14(26)3/h6-10,23,27H,11H2,1-5H3,(H2,21,22). The van der Waals surface area contributed by atoms with Crippen molar-refractivity contribution < 1.29 is 13.5 Å². The maximum Gasteiger partial charge on any atom is 0.240 e. The van der Waals surface area contributed by atoms with Crippen LogP contribution in [-0.4, -0.2) is 45.2 Å². The fraction of sp³-hybridized carbons (Fsp3) is 0.350.